The molecule has 0 bridgehead atoms. The van der Waals surface area contributed by atoms with Gasteiger partial charge in [0.1, 0.15) is 5.75 Å². The molecule has 1 aliphatic rings. The molecule has 0 aliphatic heterocycles. The van der Waals surface area contributed by atoms with Gasteiger partial charge in [0.25, 0.3) is 0 Å². The van der Waals surface area contributed by atoms with E-state index in [-0.39, 0.29) is 11.3 Å². The predicted molar refractivity (Wildman–Crippen MR) is 103 cm³/mol. The molecular formula is C23H30O2. The lowest BCUT2D eigenvalue weighted by Gasteiger charge is -2.40. The zero-order valence-electron chi connectivity index (χ0n) is 15.4. The lowest BCUT2D eigenvalue weighted by atomic mass is 9.67. The number of aryl methyl sites for hydroxylation is 1. The fourth-order valence-electron chi connectivity index (χ4n) is 4.55. The van der Waals surface area contributed by atoms with E-state index in [1.54, 1.807) is 6.07 Å². The summed E-state index contributed by atoms with van der Waals surface area (Å²) in [5.41, 5.74) is 3.45. The Morgan fingerprint density at radius 3 is 2.52 bits per heavy atom. The van der Waals surface area contributed by atoms with E-state index in [0.717, 1.165) is 44.1 Å². The molecule has 2 aromatic rings. The van der Waals surface area contributed by atoms with Crippen LogP contribution in [0.5, 0.6) is 5.75 Å². The Hall–Kier alpha value is -1.80. The number of phenolic OH excluding ortho intramolecular Hbond substituents is 1. The SMILES string of the molecule is CCCC[C@]1(CC)CCc2cc(O)ccc2[C@H](c2ccccc2)[C@@H]1O. The van der Waals surface area contributed by atoms with Crippen LogP contribution in [0.3, 0.4) is 0 Å². The average Bonchev–Trinajstić information content (AvgIpc) is 2.76. The van der Waals surface area contributed by atoms with E-state index in [0.29, 0.717) is 5.75 Å². The van der Waals surface area contributed by atoms with Gasteiger partial charge in [-0.15, -0.1) is 0 Å². The zero-order chi connectivity index (χ0) is 17.9. The maximum absolute atomic E-state index is 11.6. The Morgan fingerprint density at radius 1 is 1.08 bits per heavy atom. The number of unbranched alkanes of at least 4 members (excludes halogenated alkanes) is 1. The minimum atomic E-state index is -0.405. The van der Waals surface area contributed by atoms with Gasteiger partial charge < -0.3 is 10.2 Å². The Bertz CT molecular complexity index is 694. The molecule has 0 amide bonds. The summed E-state index contributed by atoms with van der Waals surface area (Å²) in [5, 5.41) is 21.6. The summed E-state index contributed by atoms with van der Waals surface area (Å²) in [5.74, 6) is 0.286. The lowest BCUT2D eigenvalue weighted by Crippen LogP contribution is -2.38. The Balaban J connectivity index is 2.12. The number of aliphatic hydroxyl groups excluding tert-OH is 1. The van der Waals surface area contributed by atoms with Gasteiger partial charge in [0.15, 0.2) is 0 Å². The van der Waals surface area contributed by atoms with Crippen molar-refractivity contribution in [2.24, 2.45) is 5.41 Å². The number of phenols is 1. The summed E-state index contributed by atoms with van der Waals surface area (Å²) in [7, 11) is 0. The predicted octanol–water partition coefficient (Wildman–Crippen LogP) is 5.42. The van der Waals surface area contributed by atoms with Crippen LogP contribution in [0.2, 0.25) is 0 Å². The minimum Gasteiger partial charge on any atom is -0.508 e. The highest BCUT2D eigenvalue weighted by Crippen LogP contribution is 2.49. The van der Waals surface area contributed by atoms with E-state index >= 15 is 0 Å². The van der Waals surface area contributed by atoms with Gasteiger partial charge in [-0.05, 0) is 59.9 Å². The van der Waals surface area contributed by atoms with Crippen LogP contribution in [0, 0.1) is 5.41 Å². The molecule has 134 valence electrons. The molecule has 0 spiro atoms. The summed E-state index contributed by atoms with van der Waals surface area (Å²) in [6.45, 7) is 4.43. The first-order chi connectivity index (χ1) is 12.1. The summed E-state index contributed by atoms with van der Waals surface area (Å²) in [4.78, 5) is 0. The molecule has 3 atom stereocenters. The Morgan fingerprint density at radius 2 is 1.84 bits per heavy atom. The van der Waals surface area contributed by atoms with Crippen molar-refractivity contribution in [2.45, 2.75) is 64.4 Å². The summed E-state index contributed by atoms with van der Waals surface area (Å²) >= 11 is 0. The fraction of sp³-hybridized carbons (Fsp3) is 0.478. The smallest absolute Gasteiger partial charge is 0.115 e. The second kappa shape index (κ2) is 7.61. The second-order valence-electron chi connectivity index (χ2n) is 7.54. The average molecular weight is 338 g/mol. The van der Waals surface area contributed by atoms with E-state index in [1.165, 1.54) is 11.1 Å². The molecule has 2 heteroatoms. The Labute approximate surface area is 151 Å². The van der Waals surface area contributed by atoms with Crippen molar-refractivity contribution in [3.8, 4) is 5.75 Å². The molecule has 2 aromatic carbocycles. The van der Waals surface area contributed by atoms with Crippen molar-refractivity contribution in [3.63, 3.8) is 0 Å². The maximum Gasteiger partial charge on any atom is 0.115 e. The molecule has 25 heavy (non-hydrogen) atoms. The van der Waals surface area contributed by atoms with Crippen LogP contribution in [0.15, 0.2) is 48.5 Å². The normalized spacial score (nSPS) is 26.0. The number of aromatic hydroxyl groups is 1. The molecule has 0 aromatic heterocycles. The number of aliphatic hydroxyl groups is 1. The van der Waals surface area contributed by atoms with E-state index < -0.39 is 6.10 Å². The highest BCUT2D eigenvalue weighted by atomic mass is 16.3. The third kappa shape index (κ3) is 3.46. The first-order valence-electron chi connectivity index (χ1n) is 9.66. The molecule has 0 radical (unpaired) electrons. The van der Waals surface area contributed by atoms with Crippen LogP contribution in [-0.4, -0.2) is 16.3 Å². The largest absolute Gasteiger partial charge is 0.508 e. The number of hydrogen-bond donors (Lipinski definition) is 2. The molecule has 2 N–H and O–H groups in total. The number of hydrogen-bond acceptors (Lipinski definition) is 2. The van der Waals surface area contributed by atoms with Gasteiger partial charge in [0, 0.05) is 5.92 Å². The van der Waals surface area contributed by atoms with Crippen molar-refractivity contribution in [1.82, 2.24) is 0 Å². The third-order valence-electron chi connectivity index (χ3n) is 6.19. The number of benzene rings is 2. The molecule has 0 fully saturated rings. The van der Waals surface area contributed by atoms with Crippen molar-refractivity contribution >= 4 is 0 Å². The number of fused-ring (bicyclic) bond motifs is 1. The zero-order valence-corrected chi connectivity index (χ0v) is 15.4. The first kappa shape index (κ1) is 18.0. The fourth-order valence-corrected chi connectivity index (χ4v) is 4.55. The molecule has 0 unspecified atom stereocenters. The van der Waals surface area contributed by atoms with Crippen LogP contribution < -0.4 is 0 Å². The first-order valence-corrected chi connectivity index (χ1v) is 9.66. The molecular weight excluding hydrogens is 308 g/mol. The van der Waals surface area contributed by atoms with E-state index in [4.69, 9.17) is 0 Å². The minimum absolute atomic E-state index is 0.0314. The van der Waals surface area contributed by atoms with Crippen molar-refractivity contribution in [3.05, 3.63) is 65.2 Å². The van der Waals surface area contributed by atoms with Gasteiger partial charge in [-0.2, -0.15) is 0 Å². The summed E-state index contributed by atoms with van der Waals surface area (Å²) in [6.07, 6.45) is 5.83. The molecule has 2 nitrogen and oxygen atoms in total. The molecule has 0 saturated carbocycles. The van der Waals surface area contributed by atoms with Crippen LogP contribution >= 0.6 is 0 Å². The highest BCUT2D eigenvalue weighted by Gasteiger charge is 2.43. The van der Waals surface area contributed by atoms with E-state index in [2.05, 4.69) is 26.0 Å². The molecule has 0 saturated heterocycles. The molecule has 1 aliphatic carbocycles. The Kier molecular flexibility index (Phi) is 5.48. The topological polar surface area (TPSA) is 40.5 Å². The monoisotopic (exact) mass is 338 g/mol. The molecule has 3 rings (SSSR count). The van der Waals surface area contributed by atoms with Gasteiger partial charge in [-0.3, -0.25) is 0 Å². The standard InChI is InChI=1S/C23H30O2/c1-3-5-14-23(4-2)15-13-18-16-19(24)11-12-20(18)21(22(23)25)17-9-7-6-8-10-17/h6-12,16,21-22,24-25H,3-5,13-15H2,1-2H3/t21-,22-,23+/m0/s1. The van der Waals surface area contributed by atoms with Crippen LogP contribution in [0.1, 0.15) is 68.6 Å². The van der Waals surface area contributed by atoms with Gasteiger partial charge in [-0.25, -0.2) is 0 Å². The van der Waals surface area contributed by atoms with E-state index in [1.807, 2.05) is 30.3 Å². The van der Waals surface area contributed by atoms with Crippen molar-refractivity contribution < 1.29 is 10.2 Å². The second-order valence-corrected chi connectivity index (χ2v) is 7.54. The molecule has 0 heterocycles. The van der Waals surface area contributed by atoms with Crippen molar-refractivity contribution in [2.75, 3.05) is 0 Å². The number of rotatable bonds is 5. The third-order valence-corrected chi connectivity index (χ3v) is 6.19. The van der Waals surface area contributed by atoms with Crippen LogP contribution in [0.4, 0.5) is 0 Å². The van der Waals surface area contributed by atoms with Gasteiger partial charge in [-0.1, -0.05) is 63.1 Å². The van der Waals surface area contributed by atoms with E-state index in [9.17, 15) is 10.2 Å². The van der Waals surface area contributed by atoms with Gasteiger partial charge >= 0.3 is 0 Å². The van der Waals surface area contributed by atoms with Gasteiger partial charge in [0.2, 0.25) is 0 Å². The highest BCUT2D eigenvalue weighted by molar-refractivity contribution is 5.44. The summed E-state index contributed by atoms with van der Waals surface area (Å²) < 4.78 is 0. The van der Waals surface area contributed by atoms with Crippen LogP contribution in [-0.2, 0) is 6.42 Å². The quantitative estimate of drug-likeness (QED) is 0.715. The van der Waals surface area contributed by atoms with Gasteiger partial charge in [0.05, 0.1) is 6.10 Å². The lowest BCUT2D eigenvalue weighted by molar-refractivity contribution is -0.00156. The van der Waals surface area contributed by atoms with Crippen LogP contribution in [0.25, 0.3) is 0 Å². The maximum atomic E-state index is 11.6. The summed E-state index contributed by atoms with van der Waals surface area (Å²) in [6, 6.07) is 16.0. The van der Waals surface area contributed by atoms with Crippen molar-refractivity contribution in [1.29, 1.82) is 0 Å².